The number of aromatic nitrogens is 2. The highest BCUT2D eigenvalue weighted by Crippen LogP contribution is 2.31. The molecule has 0 spiro atoms. The van der Waals surface area contributed by atoms with Gasteiger partial charge in [0.2, 0.25) is 0 Å². The maximum atomic E-state index is 12.9. The quantitative estimate of drug-likeness (QED) is 0.408. The maximum Gasteiger partial charge on any atom is 0.253 e. The summed E-state index contributed by atoms with van der Waals surface area (Å²) in [6.45, 7) is 0.880. The van der Waals surface area contributed by atoms with Gasteiger partial charge in [0.05, 0.1) is 12.2 Å². The van der Waals surface area contributed by atoms with E-state index in [1.54, 1.807) is 23.7 Å². The van der Waals surface area contributed by atoms with Crippen LogP contribution in [-0.2, 0) is 5.75 Å². The third kappa shape index (κ3) is 4.43. The predicted octanol–water partition coefficient (Wildman–Crippen LogP) is 4.54. The van der Waals surface area contributed by atoms with Crippen molar-refractivity contribution in [2.75, 3.05) is 20.2 Å². The molecule has 0 fully saturated rings. The van der Waals surface area contributed by atoms with Gasteiger partial charge in [0.1, 0.15) is 12.3 Å². The van der Waals surface area contributed by atoms with Gasteiger partial charge in [-0.25, -0.2) is 4.98 Å². The average molecular weight is 446 g/mol. The van der Waals surface area contributed by atoms with Crippen LogP contribution in [0.15, 0.2) is 84.0 Å². The Morgan fingerprint density at radius 2 is 1.88 bits per heavy atom. The summed E-state index contributed by atoms with van der Waals surface area (Å²) in [5.74, 6) is 2.20. The Kier molecular flexibility index (Phi) is 5.73. The van der Waals surface area contributed by atoms with E-state index in [-0.39, 0.29) is 12.0 Å². The number of carbonyl (C=O) groups excluding carboxylic acids is 1. The van der Waals surface area contributed by atoms with Crippen LogP contribution >= 0.6 is 11.8 Å². The summed E-state index contributed by atoms with van der Waals surface area (Å²) in [6.07, 6.45) is 3.85. The zero-order valence-corrected chi connectivity index (χ0v) is 18.5. The van der Waals surface area contributed by atoms with E-state index >= 15 is 0 Å². The third-order valence-electron chi connectivity index (χ3n) is 5.29. The Morgan fingerprint density at radius 3 is 2.69 bits per heavy atom. The number of benzene rings is 2. The molecule has 2 aromatic heterocycles. The second-order valence-corrected chi connectivity index (χ2v) is 8.74. The summed E-state index contributed by atoms with van der Waals surface area (Å²) in [6, 6.07) is 21.3. The lowest BCUT2D eigenvalue weighted by Gasteiger charge is -2.29. The van der Waals surface area contributed by atoms with E-state index < -0.39 is 0 Å². The highest BCUT2D eigenvalue weighted by molar-refractivity contribution is 7.98. The number of likely N-dealkylation sites (N-methyl/N-ethyl adjacent to an activating group) is 1. The number of nitrogens with zero attached hydrogens (tertiary/aromatic N) is 3. The lowest BCUT2D eigenvalue weighted by Crippen LogP contribution is -2.41. The molecule has 5 rings (SSSR count). The summed E-state index contributed by atoms with van der Waals surface area (Å²) in [4.78, 5) is 20.3. The standard InChI is InChI=1S/C25H23N3O3S/c1-27(15-20-16-30-22-6-2-3-7-23(22)31-20)25(29)18-9-11-21(12-10-18)32-17-19-14-28-13-5-4-8-24(28)26-19/h2-14,20H,15-17H2,1H3. The molecule has 6 nitrogen and oxygen atoms in total. The molecule has 162 valence electrons. The van der Waals surface area contributed by atoms with E-state index in [4.69, 9.17) is 9.47 Å². The number of amides is 1. The second kappa shape index (κ2) is 8.96. The number of hydrogen-bond donors (Lipinski definition) is 0. The highest BCUT2D eigenvalue weighted by Gasteiger charge is 2.24. The number of thioether (sulfide) groups is 1. The van der Waals surface area contributed by atoms with Crippen LogP contribution in [0.3, 0.4) is 0 Å². The number of ether oxygens (including phenoxy) is 2. The summed E-state index contributed by atoms with van der Waals surface area (Å²) < 4.78 is 13.7. The van der Waals surface area contributed by atoms with Crippen molar-refractivity contribution in [3.8, 4) is 11.5 Å². The van der Waals surface area contributed by atoms with Gasteiger partial charge in [0, 0.05) is 35.7 Å². The molecule has 0 N–H and O–H groups in total. The van der Waals surface area contributed by atoms with Crippen molar-refractivity contribution in [3.63, 3.8) is 0 Å². The number of carbonyl (C=O) groups is 1. The molecule has 0 saturated heterocycles. The van der Waals surface area contributed by atoms with Crippen molar-refractivity contribution >= 4 is 23.3 Å². The summed E-state index contributed by atoms with van der Waals surface area (Å²) >= 11 is 1.70. The van der Waals surface area contributed by atoms with Gasteiger partial charge in [0.15, 0.2) is 17.6 Å². The average Bonchev–Trinajstić information content (AvgIpc) is 3.25. The van der Waals surface area contributed by atoms with Crippen LogP contribution in [0, 0.1) is 0 Å². The summed E-state index contributed by atoms with van der Waals surface area (Å²) in [7, 11) is 1.79. The molecule has 1 aliphatic rings. The fourth-order valence-corrected chi connectivity index (χ4v) is 4.45. The molecular weight excluding hydrogens is 422 g/mol. The van der Waals surface area contributed by atoms with Crippen molar-refractivity contribution in [1.29, 1.82) is 0 Å². The van der Waals surface area contributed by atoms with E-state index in [1.165, 1.54) is 0 Å². The molecule has 1 aliphatic heterocycles. The maximum absolute atomic E-state index is 12.9. The van der Waals surface area contributed by atoms with Gasteiger partial charge in [-0.2, -0.15) is 0 Å². The number of hydrogen-bond acceptors (Lipinski definition) is 5. The molecule has 32 heavy (non-hydrogen) atoms. The smallest absolute Gasteiger partial charge is 0.253 e. The summed E-state index contributed by atoms with van der Waals surface area (Å²) in [5.41, 5.74) is 2.63. The van der Waals surface area contributed by atoms with Gasteiger partial charge in [0.25, 0.3) is 5.91 Å². The van der Waals surface area contributed by atoms with Crippen molar-refractivity contribution in [2.45, 2.75) is 16.8 Å². The first-order valence-electron chi connectivity index (χ1n) is 10.4. The van der Waals surface area contributed by atoms with E-state index in [9.17, 15) is 4.79 Å². The lowest BCUT2D eigenvalue weighted by molar-refractivity contribution is 0.0521. The van der Waals surface area contributed by atoms with Crippen LogP contribution in [0.2, 0.25) is 0 Å². The Hall–Kier alpha value is -3.45. The largest absolute Gasteiger partial charge is 0.486 e. The molecule has 7 heteroatoms. The summed E-state index contributed by atoms with van der Waals surface area (Å²) in [5, 5.41) is 0. The molecule has 2 aromatic carbocycles. The molecular formula is C25H23N3O3S. The number of para-hydroxylation sites is 2. The molecule has 0 saturated carbocycles. The number of fused-ring (bicyclic) bond motifs is 2. The van der Waals surface area contributed by atoms with Crippen LogP contribution in [0.1, 0.15) is 16.1 Å². The van der Waals surface area contributed by atoms with Gasteiger partial charge in [-0.1, -0.05) is 18.2 Å². The van der Waals surface area contributed by atoms with Crippen molar-refractivity contribution in [3.05, 3.63) is 90.4 Å². The minimum absolute atomic E-state index is 0.0376. The SMILES string of the molecule is CN(CC1COc2ccccc2O1)C(=O)c1ccc(SCc2cn3ccccc3n2)cc1. The lowest BCUT2D eigenvalue weighted by atomic mass is 10.2. The monoisotopic (exact) mass is 445 g/mol. The number of pyridine rings is 1. The molecule has 1 amide bonds. The highest BCUT2D eigenvalue weighted by atomic mass is 32.2. The second-order valence-electron chi connectivity index (χ2n) is 7.69. The first kappa shape index (κ1) is 20.5. The molecule has 1 atom stereocenters. The van der Waals surface area contributed by atoms with E-state index in [0.717, 1.165) is 33.5 Å². The number of imidazole rings is 1. The van der Waals surface area contributed by atoms with Crippen LogP contribution in [-0.4, -0.2) is 46.5 Å². The molecule has 4 aromatic rings. The van der Waals surface area contributed by atoms with Crippen molar-refractivity contribution < 1.29 is 14.3 Å². The topological polar surface area (TPSA) is 56.1 Å². The predicted molar refractivity (Wildman–Crippen MR) is 125 cm³/mol. The van der Waals surface area contributed by atoms with E-state index in [1.807, 2.05) is 83.5 Å². The molecule has 1 unspecified atom stereocenters. The minimum Gasteiger partial charge on any atom is -0.486 e. The van der Waals surface area contributed by atoms with Crippen molar-refractivity contribution in [1.82, 2.24) is 14.3 Å². The van der Waals surface area contributed by atoms with Gasteiger partial charge >= 0.3 is 0 Å². The Balaban J connectivity index is 1.16. The number of rotatable bonds is 6. The van der Waals surface area contributed by atoms with E-state index in [2.05, 4.69) is 4.98 Å². The van der Waals surface area contributed by atoms with Crippen LogP contribution < -0.4 is 9.47 Å². The normalized spacial score (nSPS) is 15.0. The fourth-order valence-electron chi connectivity index (χ4n) is 3.67. The van der Waals surface area contributed by atoms with Gasteiger partial charge in [-0.05, 0) is 48.5 Å². The van der Waals surface area contributed by atoms with Gasteiger partial charge in [-0.15, -0.1) is 11.8 Å². The van der Waals surface area contributed by atoms with Crippen LogP contribution in [0.5, 0.6) is 11.5 Å². The fraction of sp³-hybridized carbons (Fsp3) is 0.200. The van der Waals surface area contributed by atoms with Gasteiger partial charge in [-0.3, -0.25) is 4.79 Å². The molecule has 0 aliphatic carbocycles. The van der Waals surface area contributed by atoms with Crippen LogP contribution in [0.25, 0.3) is 5.65 Å². The molecule has 3 heterocycles. The Morgan fingerprint density at radius 1 is 1.09 bits per heavy atom. The molecule has 0 radical (unpaired) electrons. The van der Waals surface area contributed by atoms with Crippen LogP contribution in [0.4, 0.5) is 0 Å². The van der Waals surface area contributed by atoms with Crippen molar-refractivity contribution in [2.24, 2.45) is 0 Å². The first-order valence-corrected chi connectivity index (χ1v) is 11.4. The Labute approximate surface area is 190 Å². The zero-order valence-electron chi connectivity index (χ0n) is 17.7. The minimum atomic E-state index is -0.195. The van der Waals surface area contributed by atoms with E-state index in [0.29, 0.717) is 18.7 Å². The third-order valence-corrected chi connectivity index (χ3v) is 6.34. The Bertz CT molecular complexity index is 1210. The zero-order chi connectivity index (χ0) is 21.9. The van der Waals surface area contributed by atoms with Gasteiger partial charge < -0.3 is 18.8 Å². The molecule has 0 bridgehead atoms. The first-order chi connectivity index (χ1) is 15.7.